The monoisotopic (exact) mass is 243 g/mol. The van der Waals surface area contributed by atoms with Gasteiger partial charge in [0.15, 0.2) is 5.82 Å². The van der Waals surface area contributed by atoms with E-state index < -0.39 is 0 Å². The van der Waals surface area contributed by atoms with Crippen molar-refractivity contribution in [3.63, 3.8) is 0 Å². The summed E-state index contributed by atoms with van der Waals surface area (Å²) in [4.78, 5) is 0. The molecule has 5 heteroatoms. The van der Waals surface area contributed by atoms with Crippen molar-refractivity contribution in [2.45, 2.75) is 31.7 Å². The van der Waals surface area contributed by atoms with Crippen molar-refractivity contribution < 1.29 is 0 Å². The van der Waals surface area contributed by atoms with Crippen LogP contribution in [0, 0.1) is 0 Å². The summed E-state index contributed by atoms with van der Waals surface area (Å²) in [5.74, 6) is 0.931. The number of nitrogens with zero attached hydrogens (tertiary/aromatic N) is 4. The summed E-state index contributed by atoms with van der Waals surface area (Å²) in [7, 11) is 0. The van der Waals surface area contributed by atoms with Crippen LogP contribution < -0.4 is 5.32 Å². The van der Waals surface area contributed by atoms with Gasteiger partial charge in [0.25, 0.3) is 0 Å². The molecule has 18 heavy (non-hydrogen) atoms. The maximum absolute atomic E-state index is 4.15. The topological polar surface area (TPSA) is 55.6 Å². The predicted molar refractivity (Wildman–Crippen MR) is 68.5 cm³/mol. The highest BCUT2D eigenvalue weighted by Gasteiger charge is 2.17. The van der Waals surface area contributed by atoms with Gasteiger partial charge in [-0.15, -0.1) is 5.10 Å². The molecule has 0 radical (unpaired) electrons. The lowest BCUT2D eigenvalue weighted by atomic mass is 10.0. The van der Waals surface area contributed by atoms with Gasteiger partial charge in [-0.3, -0.25) is 0 Å². The van der Waals surface area contributed by atoms with Gasteiger partial charge in [-0.1, -0.05) is 24.6 Å². The third-order valence-corrected chi connectivity index (χ3v) is 3.38. The number of rotatable bonds is 3. The van der Waals surface area contributed by atoms with Crippen molar-refractivity contribution >= 4 is 0 Å². The summed E-state index contributed by atoms with van der Waals surface area (Å²) in [5, 5.41) is 15.6. The Hall–Kier alpha value is -1.75. The van der Waals surface area contributed by atoms with E-state index in [-0.39, 0.29) is 0 Å². The van der Waals surface area contributed by atoms with Crippen molar-refractivity contribution in [1.82, 2.24) is 25.5 Å². The number of tetrazole rings is 1. The molecule has 5 nitrogen and oxygen atoms in total. The Morgan fingerprint density at radius 2 is 2.11 bits per heavy atom. The highest BCUT2D eigenvalue weighted by atomic mass is 15.5. The summed E-state index contributed by atoms with van der Waals surface area (Å²) >= 11 is 0. The molecular formula is C13H17N5. The average Bonchev–Trinajstić information content (AvgIpc) is 2.89. The first kappa shape index (κ1) is 11.3. The lowest BCUT2D eigenvalue weighted by Gasteiger charge is -2.22. The molecule has 0 spiro atoms. The normalized spacial score (nSPS) is 19.9. The maximum Gasteiger partial charge on any atom is 0.158 e. The van der Waals surface area contributed by atoms with Crippen molar-refractivity contribution in [1.29, 1.82) is 0 Å². The van der Waals surface area contributed by atoms with Crippen LogP contribution in [-0.2, 0) is 6.42 Å². The molecule has 0 amide bonds. The van der Waals surface area contributed by atoms with Gasteiger partial charge in [-0.05, 0) is 41.9 Å². The number of hydrogen-bond donors (Lipinski definition) is 1. The molecule has 94 valence electrons. The molecule has 2 heterocycles. The minimum absolute atomic E-state index is 0.507. The van der Waals surface area contributed by atoms with Crippen LogP contribution in [0.2, 0.25) is 0 Å². The third kappa shape index (κ3) is 2.41. The largest absolute Gasteiger partial charge is 0.314 e. The maximum atomic E-state index is 4.15. The van der Waals surface area contributed by atoms with E-state index in [1.54, 1.807) is 0 Å². The smallest absolute Gasteiger partial charge is 0.158 e. The van der Waals surface area contributed by atoms with Gasteiger partial charge < -0.3 is 5.32 Å². The Morgan fingerprint density at radius 1 is 1.22 bits per heavy atom. The van der Waals surface area contributed by atoms with Crippen molar-refractivity contribution in [2.75, 3.05) is 6.54 Å². The van der Waals surface area contributed by atoms with Gasteiger partial charge in [0.05, 0.1) is 5.69 Å². The summed E-state index contributed by atoms with van der Waals surface area (Å²) in [6.07, 6.45) is 4.67. The molecule has 1 fully saturated rings. The summed E-state index contributed by atoms with van der Waals surface area (Å²) in [5.41, 5.74) is 1.02. The molecule has 2 aromatic rings. The van der Waals surface area contributed by atoms with Crippen LogP contribution in [0.1, 0.15) is 25.1 Å². The number of nitrogens with one attached hydrogen (secondary N) is 1. The molecule has 1 unspecified atom stereocenters. The van der Waals surface area contributed by atoms with E-state index in [2.05, 4.69) is 20.8 Å². The zero-order chi connectivity index (χ0) is 12.2. The molecule has 0 bridgehead atoms. The van der Waals surface area contributed by atoms with E-state index in [1.807, 2.05) is 35.0 Å². The van der Waals surface area contributed by atoms with Crippen LogP contribution in [0.15, 0.2) is 30.3 Å². The van der Waals surface area contributed by atoms with Crippen molar-refractivity contribution in [3.05, 3.63) is 36.2 Å². The number of aromatic nitrogens is 4. The molecular weight excluding hydrogens is 226 g/mol. The van der Waals surface area contributed by atoms with Gasteiger partial charge in [0, 0.05) is 12.5 Å². The minimum atomic E-state index is 0.507. The molecule has 1 N–H and O–H groups in total. The molecule has 1 aliphatic rings. The molecule has 1 saturated heterocycles. The van der Waals surface area contributed by atoms with E-state index in [4.69, 9.17) is 0 Å². The van der Waals surface area contributed by atoms with Crippen LogP contribution in [0.5, 0.6) is 0 Å². The van der Waals surface area contributed by atoms with E-state index in [0.29, 0.717) is 6.04 Å². The van der Waals surface area contributed by atoms with E-state index in [9.17, 15) is 0 Å². The number of piperidine rings is 1. The lowest BCUT2D eigenvalue weighted by molar-refractivity contribution is 0.392. The molecule has 0 saturated carbocycles. The van der Waals surface area contributed by atoms with Gasteiger partial charge in [0.1, 0.15) is 0 Å². The second-order valence-corrected chi connectivity index (χ2v) is 4.69. The first-order valence-electron chi connectivity index (χ1n) is 6.49. The fourth-order valence-electron chi connectivity index (χ4n) is 2.42. The highest BCUT2D eigenvalue weighted by molar-refractivity contribution is 5.30. The fourth-order valence-corrected chi connectivity index (χ4v) is 2.42. The van der Waals surface area contributed by atoms with Crippen LogP contribution in [0.4, 0.5) is 0 Å². The minimum Gasteiger partial charge on any atom is -0.314 e. The van der Waals surface area contributed by atoms with E-state index in [0.717, 1.165) is 24.5 Å². The Labute approximate surface area is 106 Å². The Bertz CT molecular complexity index is 487. The molecule has 1 aliphatic heterocycles. The summed E-state index contributed by atoms with van der Waals surface area (Å²) in [6, 6.07) is 10.5. The highest BCUT2D eigenvalue weighted by Crippen LogP contribution is 2.13. The first-order chi connectivity index (χ1) is 8.93. The number of para-hydroxylation sites is 1. The molecule has 1 aromatic heterocycles. The second kappa shape index (κ2) is 5.27. The second-order valence-electron chi connectivity index (χ2n) is 4.69. The molecule has 1 atom stereocenters. The molecule has 3 rings (SSSR count). The Morgan fingerprint density at radius 3 is 2.89 bits per heavy atom. The van der Waals surface area contributed by atoms with Crippen LogP contribution in [0.25, 0.3) is 5.69 Å². The van der Waals surface area contributed by atoms with E-state index in [1.165, 1.54) is 19.3 Å². The summed E-state index contributed by atoms with van der Waals surface area (Å²) < 4.78 is 1.83. The molecule has 1 aromatic carbocycles. The fraction of sp³-hybridized carbons (Fsp3) is 0.462. The first-order valence-corrected chi connectivity index (χ1v) is 6.49. The number of benzene rings is 1. The van der Waals surface area contributed by atoms with Gasteiger partial charge >= 0.3 is 0 Å². The van der Waals surface area contributed by atoms with Gasteiger partial charge in [-0.2, -0.15) is 4.68 Å². The lowest BCUT2D eigenvalue weighted by Crippen LogP contribution is -2.36. The summed E-state index contributed by atoms with van der Waals surface area (Å²) in [6.45, 7) is 1.11. The van der Waals surface area contributed by atoms with Gasteiger partial charge in [0.2, 0.25) is 0 Å². The average molecular weight is 243 g/mol. The zero-order valence-corrected chi connectivity index (χ0v) is 10.3. The third-order valence-electron chi connectivity index (χ3n) is 3.38. The van der Waals surface area contributed by atoms with Crippen LogP contribution in [-0.4, -0.2) is 32.8 Å². The Balaban J connectivity index is 1.79. The van der Waals surface area contributed by atoms with Crippen LogP contribution in [0.3, 0.4) is 0 Å². The van der Waals surface area contributed by atoms with Crippen molar-refractivity contribution in [3.8, 4) is 5.69 Å². The number of hydrogen-bond acceptors (Lipinski definition) is 4. The SMILES string of the molecule is c1ccc(-n2nnnc2CC2CCCCN2)cc1. The van der Waals surface area contributed by atoms with Gasteiger partial charge in [-0.25, -0.2) is 0 Å². The van der Waals surface area contributed by atoms with E-state index >= 15 is 0 Å². The predicted octanol–water partition coefficient (Wildman–Crippen LogP) is 1.35. The standard InChI is InChI=1S/C13H17N5/c1-2-7-12(8-3-1)18-13(15-16-17-18)10-11-6-4-5-9-14-11/h1-3,7-8,11,14H,4-6,9-10H2. The Kier molecular flexibility index (Phi) is 3.32. The molecule has 0 aliphatic carbocycles. The van der Waals surface area contributed by atoms with Crippen LogP contribution >= 0.6 is 0 Å². The zero-order valence-electron chi connectivity index (χ0n) is 10.3. The van der Waals surface area contributed by atoms with Crippen molar-refractivity contribution in [2.24, 2.45) is 0 Å². The quantitative estimate of drug-likeness (QED) is 0.884.